The summed E-state index contributed by atoms with van der Waals surface area (Å²) in [4.78, 5) is 18.3. The molecule has 3 aromatic heterocycles. The summed E-state index contributed by atoms with van der Waals surface area (Å²) < 4.78 is 35.2. The van der Waals surface area contributed by atoms with Crippen LogP contribution in [0.2, 0.25) is 0 Å². The van der Waals surface area contributed by atoms with Crippen molar-refractivity contribution in [2.24, 2.45) is 5.73 Å². The Labute approximate surface area is 169 Å². The van der Waals surface area contributed by atoms with E-state index < -0.39 is 23.9 Å². The van der Waals surface area contributed by atoms with Crippen LogP contribution in [0, 0.1) is 6.92 Å². The maximum Gasteiger partial charge on any atom is 0.269 e. The Bertz CT molecular complexity index is 1060. The summed E-state index contributed by atoms with van der Waals surface area (Å²) in [5.74, 6) is -2.98. The molecule has 1 aliphatic carbocycles. The molecule has 0 bridgehead atoms. The van der Waals surface area contributed by atoms with Crippen LogP contribution in [0.25, 0.3) is 16.8 Å². The van der Waals surface area contributed by atoms with E-state index in [-0.39, 0.29) is 6.42 Å². The number of nitrogens with two attached hydrogens (primary N) is 1. The minimum Gasteiger partial charge on any atom is -0.494 e. The third-order valence-corrected chi connectivity index (χ3v) is 6.27. The highest BCUT2D eigenvalue weighted by Gasteiger charge is 2.46. The van der Waals surface area contributed by atoms with Gasteiger partial charge in [-0.05, 0) is 25.8 Å². The Hall–Kier alpha value is -2.59. The van der Waals surface area contributed by atoms with Gasteiger partial charge in [0.1, 0.15) is 6.04 Å². The molecule has 10 heteroatoms. The van der Waals surface area contributed by atoms with E-state index >= 15 is 0 Å². The van der Waals surface area contributed by atoms with E-state index in [1.807, 2.05) is 6.92 Å². The number of hydrogen-bond donors (Lipinski definition) is 2. The Morgan fingerprint density at radius 2 is 2.21 bits per heavy atom. The number of aromatic nitrogens is 3. The Morgan fingerprint density at radius 3 is 2.93 bits per heavy atom. The predicted molar refractivity (Wildman–Crippen MR) is 106 cm³/mol. The van der Waals surface area contributed by atoms with Gasteiger partial charge in [-0.3, -0.25) is 4.79 Å². The first-order valence-electron chi connectivity index (χ1n) is 9.22. The maximum absolute atomic E-state index is 14.2. The van der Waals surface area contributed by atoms with E-state index in [0.29, 0.717) is 29.1 Å². The topological polar surface area (TPSA) is 94.5 Å². The van der Waals surface area contributed by atoms with Crippen LogP contribution in [-0.2, 0) is 0 Å². The molecule has 3 N–H and O–H groups in total. The minimum atomic E-state index is -3.01. The highest BCUT2D eigenvalue weighted by Crippen LogP contribution is 2.35. The number of halogens is 2. The highest BCUT2D eigenvalue weighted by atomic mass is 32.1. The molecule has 0 aromatic carbocycles. The quantitative estimate of drug-likeness (QED) is 0.675. The molecule has 0 spiro atoms. The number of carbonyl (C=O) groups excluding carboxylic acids is 1. The lowest BCUT2D eigenvalue weighted by atomic mass is 9.87. The zero-order valence-electron chi connectivity index (χ0n) is 16.0. The average Bonchev–Trinajstić information content (AvgIpc) is 3.27. The van der Waals surface area contributed by atoms with E-state index in [2.05, 4.69) is 15.4 Å². The summed E-state index contributed by atoms with van der Waals surface area (Å²) in [6, 6.07) is -0.437. The molecule has 2 atom stereocenters. The van der Waals surface area contributed by atoms with Gasteiger partial charge >= 0.3 is 0 Å². The lowest BCUT2D eigenvalue weighted by Gasteiger charge is -2.36. The summed E-state index contributed by atoms with van der Waals surface area (Å²) in [6.07, 6.45) is 5.50. The minimum absolute atomic E-state index is 0.266. The molecule has 1 fully saturated rings. The summed E-state index contributed by atoms with van der Waals surface area (Å²) in [7, 11) is 1.54. The van der Waals surface area contributed by atoms with Gasteiger partial charge in [0.2, 0.25) is 0 Å². The number of alkyl halides is 2. The summed E-state index contributed by atoms with van der Waals surface area (Å²) in [6.45, 7) is 1.87. The van der Waals surface area contributed by atoms with E-state index in [1.165, 1.54) is 11.3 Å². The second-order valence-corrected chi connectivity index (χ2v) is 8.43. The molecule has 4 rings (SSSR count). The molecule has 1 amide bonds. The van der Waals surface area contributed by atoms with Gasteiger partial charge in [-0.1, -0.05) is 0 Å². The number of methoxy groups -OCH3 is 1. The zero-order chi connectivity index (χ0) is 20.8. The number of hydrogen-bond acceptors (Lipinski definition) is 6. The molecule has 3 heterocycles. The van der Waals surface area contributed by atoms with Gasteiger partial charge < -0.3 is 15.8 Å². The molecule has 0 unspecified atom stereocenters. The van der Waals surface area contributed by atoms with Gasteiger partial charge in [-0.15, -0.1) is 11.3 Å². The molecule has 0 aliphatic heterocycles. The van der Waals surface area contributed by atoms with Crippen molar-refractivity contribution in [2.45, 2.75) is 44.2 Å². The van der Waals surface area contributed by atoms with Gasteiger partial charge in [0.05, 0.1) is 30.6 Å². The summed E-state index contributed by atoms with van der Waals surface area (Å²) in [5, 5.41) is 6.74. The lowest BCUT2D eigenvalue weighted by molar-refractivity contribution is -0.0674. The number of thiophene rings is 1. The van der Waals surface area contributed by atoms with Gasteiger partial charge in [0.25, 0.3) is 11.8 Å². The average molecular weight is 421 g/mol. The first-order valence-corrected chi connectivity index (χ1v) is 10.0. The van der Waals surface area contributed by atoms with Gasteiger partial charge in [-0.2, -0.15) is 5.10 Å². The molecular formula is C19H21F2N5O2S. The fourth-order valence-electron chi connectivity index (χ4n) is 3.65. The second kappa shape index (κ2) is 7.34. The molecule has 3 aromatic rings. The lowest BCUT2D eigenvalue weighted by Crippen LogP contribution is -2.59. The fourth-order valence-corrected chi connectivity index (χ4v) is 4.59. The number of nitrogens with one attached hydrogen (secondary N) is 1. The van der Waals surface area contributed by atoms with Crippen molar-refractivity contribution in [3.63, 3.8) is 0 Å². The van der Waals surface area contributed by atoms with Crippen LogP contribution in [0.1, 0.15) is 33.8 Å². The monoisotopic (exact) mass is 421 g/mol. The number of carbonyl (C=O) groups is 1. The molecule has 7 nitrogen and oxygen atoms in total. The number of ether oxygens (including phenoxy) is 1. The third kappa shape index (κ3) is 3.58. The van der Waals surface area contributed by atoms with Crippen molar-refractivity contribution < 1.29 is 18.3 Å². The van der Waals surface area contributed by atoms with E-state index in [1.54, 1.807) is 36.3 Å². The van der Waals surface area contributed by atoms with Crippen molar-refractivity contribution >= 4 is 22.9 Å². The maximum atomic E-state index is 14.2. The molecule has 0 radical (unpaired) electrons. The normalized spacial score (nSPS) is 21.3. The Balaban J connectivity index is 1.62. The Kier molecular flexibility index (Phi) is 4.99. The first kappa shape index (κ1) is 19.7. The summed E-state index contributed by atoms with van der Waals surface area (Å²) in [5.41, 5.74) is 8.00. The van der Waals surface area contributed by atoms with Crippen molar-refractivity contribution in [3.05, 3.63) is 34.4 Å². The van der Waals surface area contributed by atoms with Crippen LogP contribution < -0.4 is 15.8 Å². The molecule has 1 saturated carbocycles. The molecule has 29 heavy (non-hydrogen) atoms. The zero-order valence-corrected chi connectivity index (χ0v) is 16.8. The number of rotatable bonds is 4. The molecule has 1 aliphatic rings. The van der Waals surface area contributed by atoms with Crippen LogP contribution in [0.3, 0.4) is 0 Å². The number of amides is 1. The van der Waals surface area contributed by atoms with Crippen LogP contribution >= 0.6 is 11.3 Å². The van der Waals surface area contributed by atoms with Crippen molar-refractivity contribution in [2.75, 3.05) is 7.11 Å². The smallest absolute Gasteiger partial charge is 0.269 e. The largest absolute Gasteiger partial charge is 0.494 e. The molecular weight excluding hydrogens is 400 g/mol. The standard InChI is InChI=1S/C19H21F2N5O2S/c1-10-12(13-8-24-26-9-11(28-2)7-23-17(13)26)6-15(29-10)18(27)25-16-14(22)4-3-5-19(16,20)21/h6-9,14,16H,3-5,22H2,1-2H3,(H,25,27)/t14-,16-/m1/s1. The SMILES string of the molecule is COc1cnc2c(-c3cc(C(=O)N[C@@H]4[C@H](N)CCCC4(F)F)sc3C)cnn2c1. The van der Waals surface area contributed by atoms with Crippen molar-refractivity contribution in [1.29, 1.82) is 0 Å². The predicted octanol–water partition coefficient (Wildman–Crippen LogP) is 3.02. The summed E-state index contributed by atoms with van der Waals surface area (Å²) >= 11 is 1.24. The van der Waals surface area contributed by atoms with Gasteiger partial charge in [0.15, 0.2) is 11.4 Å². The first-order chi connectivity index (χ1) is 13.8. The molecule has 0 saturated heterocycles. The second-order valence-electron chi connectivity index (χ2n) is 7.17. The number of fused-ring (bicyclic) bond motifs is 1. The van der Waals surface area contributed by atoms with E-state index in [9.17, 15) is 13.6 Å². The van der Waals surface area contributed by atoms with E-state index in [4.69, 9.17) is 10.5 Å². The third-order valence-electron chi connectivity index (χ3n) is 5.22. The Morgan fingerprint density at radius 1 is 1.41 bits per heavy atom. The van der Waals surface area contributed by atoms with Crippen LogP contribution in [0.5, 0.6) is 5.75 Å². The van der Waals surface area contributed by atoms with E-state index in [0.717, 1.165) is 16.0 Å². The number of aryl methyl sites for hydroxylation is 1. The van der Waals surface area contributed by atoms with Gasteiger partial charge in [-0.25, -0.2) is 18.3 Å². The van der Waals surface area contributed by atoms with Gasteiger partial charge in [0, 0.05) is 28.5 Å². The number of nitrogens with zero attached hydrogens (tertiary/aromatic N) is 3. The fraction of sp³-hybridized carbons (Fsp3) is 0.421. The molecule has 154 valence electrons. The highest BCUT2D eigenvalue weighted by molar-refractivity contribution is 7.14. The van der Waals surface area contributed by atoms with Crippen LogP contribution in [-0.4, -0.2) is 45.6 Å². The van der Waals surface area contributed by atoms with Crippen LogP contribution in [0.15, 0.2) is 24.7 Å². The van der Waals surface area contributed by atoms with Crippen molar-refractivity contribution in [1.82, 2.24) is 19.9 Å². The van der Waals surface area contributed by atoms with Crippen LogP contribution in [0.4, 0.5) is 8.78 Å². The van der Waals surface area contributed by atoms with Crippen molar-refractivity contribution in [3.8, 4) is 16.9 Å².